The molecule has 0 amide bonds. The van der Waals surface area contributed by atoms with Crippen LogP contribution in [0.4, 0.5) is 11.5 Å². The lowest BCUT2D eigenvalue weighted by Crippen LogP contribution is -2.44. The zero-order valence-electron chi connectivity index (χ0n) is 16.9. The third-order valence-electron chi connectivity index (χ3n) is 4.74. The monoisotopic (exact) mass is 413 g/mol. The largest absolute Gasteiger partial charge is 0.462 e. The average molecular weight is 414 g/mol. The number of carbonyl (C=O) groups is 1. The molecule has 0 bridgehead atoms. The number of likely N-dealkylation sites (N-methyl/N-ethyl adjacent to an activating group) is 1. The first-order chi connectivity index (χ1) is 14.0. The fourth-order valence-corrected chi connectivity index (χ4v) is 3.20. The Balaban J connectivity index is 1.46. The molecular formula is C21H27N5O2S. The first-order valence-electron chi connectivity index (χ1n) is 9.75. The van der Waals surface area contributed by atoms with Gasteiger partial charge in [-0.1, -0.05) is 6.07 Å². The van der Waals surface area contributed by atoms with Crippen LogP contribution in [0.3, 0.4) is 0 Å². The number of aromatic nitrogens is 1. The maximum absolute atomic E-state index is 11.7. The van der Waals surface area contributed by atoms with E-state index in [1.807, 2.05) is 6.20 Å². The highest BCUT2D eigenvalue weighted by Gasteiger charge is 2.15. The molecule has 29 heavy (non-hydrogen) atoms. The van der Waals surface area contributed by atoms with Crippen molar-refractivity contribution >= 4 is 34.8 Å². The Morgan fingerprint density at radius 1 is 1.14 bits per heavy atom. The van der Waals surface area contributed by atoms with Crippen molar-refractivity contribution in [2.24, 2.45) is 0 Å². The number of benzene rings is 1. The average Bonchev–Trinajstić information content (AvgIpc) is 2.74. The zero-order valence-corrected chi connectivity index (χ0v) is 17.7. The van der Waals surface area contributed by atoms with Gasteiger partial charge >= 0.3 is 5.97 Å². The number of carbonyl (C=O) groups excluding carboxylic acids is 1. The van der Waals surface area contributed by atoms with Gasteiger partial charge in [0.2, 0.25) is 0 Å². The normalized spacial score (nSPS) is 14.3. The number of anilines is 2. The van der Waals surface area contributed by atoms with E-state index < -0.39 is 0 Å². The fourth-order valence-electron chi connectivity index (χ4n) is 3.01. The summed E-state index contributed by atoms with van der Waals surface area (Å²) >= 11 is 5.35. The van der Waals surface area contributed by atoms with Gasteiger partial charge in [0.25, 0.3) is 0 Å². The van der Waals surface area contributed by atoms with Crippen LogP contribution in [0.5, 0.6) is 0 Å². The van der Waals surface area contributed by atoms with Crippen molar-refractivity contribution < 1.29 is 9.53 Å². The molecule has 1 aromatic heterocycles. The molecule has 0 radical (unpaired) electrons. The maximum atomic E-state index is 11.7. The van der Waals surface area contributed by atoms with Gasteiger partial charge in [-0.25, -0.2) is 9.78 Å². The molecule has 1 aliphatic heterocycles. The molecular weight excluding hydrogens is 386 g/mol. The molecule has 3 rings (SSSR count). The molecule has 0 atom stereocenters. The SMILES string of the molecule is CCOC(=O)c1ccc(NC(=S)NCc2ccc(N3CCN(C)CC3)nc2)cc1. The van der Waals surface area contributed by atoms with Crippen molar-refractivity contribution in [2.75, 3.05) is 50.1 Å². The standard InChI is InChI=1S/C21H27N5O2S/c1-3-28-20(27)17-5-7-18(8-6-17)24-21(29)23-15-16-4-9-19(22-14-16)26-12-10-25(2)11-13-26/h4-9,14H,3,10-13,15H2,1-2H3,(H2,23,24,29). The summed E-state index contributed by atoms with van der Waals surface area (Å²) in [4.78, 5) is 20.9. The first-order valence-corrected chi connectivity index (χ1v) is 10.2. The predicted octanol–water partition coefficient (Wildman–Crippen LogP) is 2.50. The fraction of sp³-hybridized carbons (Fsp3) is 0.381. The van der Waals surface area contributed by atoms with Gasteiger partial charge < -0.3 is 25.2 Å². The number of rotatable bonds is 6. The lowest BCUT2D eigenvalue weighted by atomic mass is 10.2. The molecule has 1 saturated heterocycles. The minimum atomic E-state index is -0.327. The van der Waals surface area contributed by atoms with Crippen LogP contribution in [0.15, 0.2) is 42.6 Å². The van der Waals surface area contributed by atoms with Crippen molar-refractivity contribution in [3.63, 3.8) is 0 Å². The summed E-state index contributed by atoms with van der Waals surface area (Å²) in [5, 5.41) is 6.80. The van der Waals surface area contributed by atoms with E-state index in [4.69, 9.17) is 17.0 Å². The third kappa shape index (κ3) is 6.13. The molecule has 1 aromatic carbocycles. The lowest BCUT2D eigenvalue weighted by Gasteiger charge is -2.33. The Bertz CT molecular complexity index is 818. The Labute approximate surface area is 177 Å². The summed E-state index contributed by atoms with van der Waals surface area (Å²) in [5.74, 6) is 0.691. The van der Waals surface area contributed by atoms with Crippen LogP contribution in [0.2, 0.25) is 0 Å². The molecule has 0 spiro atoms. The smallest absolute Gasteiger partial charge is 0.338 e. The second kappa shape index (κ2) is 10.2. The molecule has 1 fully saturated rings. The molecule has 1 aliphatic rings. The number of esters is 1. The molecule has 2 aromatic rings. The molecule has 7 nitrogen and oxygen atoms in total. The van der Waals surface area contributed by atoms with Crippen LogP contribution in [0, 0.1) is 0 Å². The number of thiocarbonyl (C=S) groups is 1. The van der Waals surface area contributed by atoms with Crippen molar-refractivity contribution in [1.29, 1.82) is 0 Å². The minimum Gasteiger partial charge on any atom is -0.462 e. The van der Waals surface area contributed by atoms with E-state index >= 15 is 0 Å². The van der Waals surface area contributed by atoms with E-state index in [0.29, 0.717) is 23.8 Å². The lowest BCUT2D eigenvalue weighted by molar-refractivity contribution is 0.0526. The predicted molar refractivity (Wildman–Crippen MR) is 119 cm³/mol. The van der Waals surface area contributed by atoms with Gasteiger partial charge in [-0.15, -0.1) is 0 Å². The van der Waals surface area contributed by atoms with Gasteiger partial charge in [-0.05, 0) is 62.1 Å². The molecule has 0 unspecified atom stereocenters. The number of hydrogen-bond acceptors (Lipinski definition) is 6. The number of ether oxygens (including phenoxy) is 1. The molecule has 154 valence electrons. The van der Waals surface area contributed by atoms with Gasteiger partial charge in [-0.3, -0.25) is 0 Å². The minimum absolute atomic E-state index is 0.327. The van der Waals surface area contributed by atoms with Gasteiger partial charge in [-0.2, -0.15) is 0 Å². The Morgan fingerprint density at radius 3 is 2.48 bits per heavy atom. The van der Waals surface area contributed by atoms with E-state index in [1.165, 1.54) is 0 Å². The molecule has 2 N–H and O–H groups in total. The molecule has 0 saturated carbocycles. The van der Waals surface area contributed by atoms with Crippen molar-refractivity contribution in [3.05, 3.63) is 53.7 Å². The van der Waals surface area contributed by atoms with E-state index in [0.717, 1.165) is 43.2 Å². The number of nitrogens with one attached hydrogen (secondary N) is 2. The number of hydrogen-bond donors (Lipinski definition) is 2. The van der Waals surface area contributed by atoms with Gasteiger partial charge in [0, 0.05) is 44.6 Å². The zero-order chi connectivity index (χ0) is 20.6. The topological polar surface area (TPSA) is 69.7 Å². The highest BCUT2D eigenvalue weighted by Crippen LogP contribution is 2.14. The van der Waals surface area contributed by atoms with Crippen molar-refractivity contribution in [2.45, 2.75) is 13.5 Å². The number of nitrogens with zero attached hydrogens (tertiary/aromatic N) is 3. The Morgan fingerprint density at radius 2 is 1.86 bits per heavy atom. The second-order valence-corrected chi connectivity index (χ2v) is 7.33. The summed E-state index contributed by atoms with van der Waals surface area (Å²) in [5.41, 5.74) is 2.38. The molecule has 2 heterocycles. The summed E-state index contributed by atoms with van der Waals surface area (Å²) in [6.45, 7) is 6.86. The maximum Gasteiger partial charge on any atom is 0.338 e. The highest BCUT2D eigenvalue weighted by atomic mass is 32.1. The van der Waals surface area contributed by atoms with Gasteiger partial charge in [0.1, 0.15) is 5.82 Å². The molecule has 0 aliphatic carbocycles. The highest BCUT2D eigenvalue weighted by molar-refractivity contribution is 7.80. The third-order valence-corrected chi connectivity index (χ3v) is 4.99. The van der Waals surface area contributed by atoms with Crippen LogP contribution in [-0.4, -0.2) is 60.8 Å². The van der Waals surface area contributed by atoms with Gasteiger partial charge in [0.05, 0.1) is 12.2 Å². The Kier molecular flexibility index (Phi) is 7.37. The van der Waals surface area contributed by atoms with Crippen LogP contribution in [0.1, 0.15) is 22.8 Å². The van der Waals surface area contributed by atoms with E-state index in [-0.39, 0.29) is 5.97 Å². The number of pyridine rings is 1. The van der Waals surface area contributed by atoms with E-state index in [9.17, 15) is 4.79 Å². The van der Waals surface area contributed by atoms with Crippen LogP contribution in [-0.2, 0) is 11.3 Å². The van der Waals surface area contributed by atoms with E-state index in [2.05, 4.69) is 44.6 Å². The first kappa shape index (κ1) is 21.0. The van der Waals surface area contributed by atoms with Gasteiger partial charge in [0.15, 0.2) is 5.11 Å². The quantitative estimate of drug-likeness (QED) is 0.553. The van der Waals surface area contributed by atoms with Crippen molar-refractivity contribution in [3.8, 4) is 0 Å². The summed E-state index contributed by atoms with van der Waals surface area (Å²) in [7, 11) is 2.14. The summed E-state index contributed by atoms with van der Waals surface area (Å²) < 4.78 is 4.98. The van der Waals surface area contributed by atoms with Crippen molar-refractivity contribution in [1.82, 2.24) is 15.2 Å². The van der Waals surface area contributed by atoms with Crippen LogP contribution < -0.4 is 15.5 Å². The van der Waals surface area contributed by atoms with Crippen LogP contribution >= 0.6 is 12.2 Å². The summed E-state index contributed by atoms with van der Waals surface area (Å²) in [6.07, 6.45) is 1.89. The Hall–Kier alpha value is -2.71. The van der Waals surface area contributed by atoms with E-state index in [1.54, 1.807) is 31.2 Å². The second-order valence-electron chi connectivity index (χ2n) is 6.92. The number of piperazine rings is 1. The summed E-state index contributed by atoms with van der Waals surface area (Å²) in [6, 6.07) is 11.2. The van der Waals surface area contributed by atoms with Crippen LogP contribution in [0.25, 0.3) is 0 Å². The molecule has 8 heteroatoms.